The van der Waals surface area contributed by atoms with Gasteiger partial charge in [-0.05, 0) is 31.4 Å². The van der Waals surface area contributed by atoms with E-state index >= 15 is 0 Å². The predicted octanol–water partition coefficient (Wildman–Crippen LogP) is 0.851. The maximum atomic E-state index is 12.7. The zero-order valence-corrected chi connectivity index (χ0v) is 17.3. The van der Waals surface area contributed by atoms with Crippen LogP contribution >= 0.6 is 0 Å². The van der Waals surface area contributed by atoms with Crippen LogP contribution in [0.1, 0.15) is 19.3 Å². The summed E-state index contributed by atoms with van der Waals surface area (Å²) in [5.41, 5.74) is 0.0220. The van der Waals surface area contributed by atoms with Gasteiger partial charge in [0, 0.05) is 45.3 Å². The van der Waals surface area contributed by atoms with E-state index in [-0.39, 0.29) is 17.1 Å². The van der Waals surface area contributed by atoms with Gasteiger partial charge in [-0.1, -0.05) is 0 Å². The van der Waals surface area contributed by atoms with Crippen molar-refractivity contribution in [3.8, 4) is 0 Å². The highest BCUT2D eigenvalue weighted by Crippen LogP contribution is 2.33. The molecular weight excluding hydrogens is 408 g/mol. The van der Waals surface area contributed by atoms with Crippen LogP contribution in [0.4, 0.5) is 11.4 Å². The topological polar surface area (TPSA) is 121 Å². The fraction of sp³-hybridized carbons (Fsp3) is 0.625. The minimum atomic E-state index is -3.75. The molecule has 0 unspecified atom stereocenters. The van der Waals surface area contributed by atoms with Gasteiger partial charge >= 0.3 is 0 Å². The molecule has 0 N–H and O–H groups in total. The highest BCUT2D eigenvalue weighted by Gasteiger charge is 2.31. The van der Waals surface area contributed by atoms with E-state index in [0.29, 0.717) is 44.8 Å². The number of nitro benzene ring substituents is 1. The molecule has 10 nitrogen and oxygen atoms in total. The maximum Gasteiger partial charge on any atom is 0.293 e. The van der Waals surface area contributed by atoms with Crippen LogP contribution in [0.25, 0.3) is 0 Å². The Morgan fingerprint density at radius 1 is 0.893 bits per heavy atom. The van der Waals surface area contributed by atoms with E-state index in [1.54, 1.807) is 4.90 Å². The first-order valence-corrected chi connectivity index (χ1v) is 12.4. The Bertz CT molecular complexity index is 957. The summed E-state index contributed by atoms with van der Waals surface area (Å²) in [7, 11) is -7.08. The molecule has 0 amide bonds. The number of rotatable bonds is 5. The van der Waals surface area contributed by atoms with Gasteiger partial charge in [0.25, 0.3) is 5.69 Å². The van der Waals surface area contributed by atoms with Crippen LogP contribution in [0.15, 0.2) is 23.1 Å². The lowest BCUT2D eigenvalue weighted by Crippen LogP contribution is -2.34. The van der Waals surface area contributed by atoms with E-state index in [9.17, 15) is 26.9 Å². The number of hydrogen-bond acceptors (Lipinski definition) is 7. The lowest BCUT2D eigenvalue weighted by atomic mass is 10.2. The zero-order chi connectivity index (χ0) is 20.5. The second-order valence-corrected chi connectivity index (χ2v) is 10.9. The summed E-state index contributed by atoms with van der Waals surface area (Å²) in [6.45, 7) is 2.17. The Morgan fingerprint density at radius 3 is 2.14 bits per heavy atom. The van der Waals surface area contributed by atoms with Crippen molar-refractivity contribution in [1.82, 2.24) is 8.61 Å². The average Bonchev–Trinajstić information content (AvgIpc) is 3.05. The van der Waals surface area contributed by atoms with Crippen molar-refractivity contribution in [2.75, 3.05) is 50.4 Å². The zero-order valence-electron chi connectivity index (χ0n) is 15.7. The van der Waals surface area contributed by atoms with Crippen LogP contribution < -0.4 is 4.90 Å². The molecular formula is C16H24N4O6S2. The minimum absolute atomic E-state index is 0.0857. The van der Waals surface area contributed by atoms with Crippen LogP contribution in [0.3, 0.4) is 0 Å². The maximum absolute atomic E-state index is 12.7. The second kappa shape index (κ2) is 7.93. The first-order valence-electron chi connectivity index (χ1n) is 9.09. The summed E-state index contributed by atoms with van der Waals surface area (Å²) in [6.07, 6.45) is 3.23. The molecule has 2 aliphatic rings. The van der Waals surface area contributed by atoms with Gasteiger partial charge < -0.3 is 4.90 Å². The molecule has 0 atom stereocenters. The third-order valence-corrected chi connectivity index (χ3v) is 8.31. The molecule has 2 heterocycles. The largest absolute Gasteiger partial charge is 0.365 e. The Morgan fingerprint density at radius 2 is 1.54 bits per heavy atom. The van der Waals surface area contributed by atoms with Crippen LogP contribution in [-0.4, -0.2) is 75.9 Å². The summed E-state index contributed by atoms with van der Waals surface area (Å²) in [5, 5.41) is 11.6. The molecule has 0 aliphatic carbocycles. The van der Waals surface area contributed by atoms with E-state index in [1.807, 2.05) is 0 Å². The van der Waals surface area contributed by atoms with E-state index in [2.05, 4.69) is 0 Å². The lowest BCUT2D eigenvalue weighted by Gasteiger charge is -2.23. The first kappa shape index (κ1) is 21.0. The van der Waals surface area contributed by atoms with Gasteiger partial charge in [-0.15, -0.1) is 0 Å². The van der Waals surface area contributed by atoms with Crippen molar-refractivity contribution in [3.05, 3.63) is 28.3 Å². The van der Waals surface area contributed by atoms with Crippen molar-refractivity contribution in [1.29, 1.82) is 0 Å². The van der Waals surface area contributed by atoms with Crippen molar-refractivity contribution < 1.29 is 21.8 Å². The molecule has 2 saturated heterocycles. The first-order chi connectivity index (χ1) is 13.1. The Kier molecular flexibility index (Phi) is 5.94. The average molecular weight is 433 g/mol. The molecule has 0 bridgehead atoms. The molecule has 2 aliphatic heterocycles. The van der Waals surface area contributed by atoms with E-state index in [4.69, 9.17) is 0 Å². The summed E-state index contributed by atoms with van der Waals surface area (Å²) in [4.78, 5) is 12.7. The molecule has 12 heteroatoms. The molecule has 0 spiro atoms. The fourth-order valence-electron chi connectivity index (χ4n) is 3.62. The SMILES string of the molecule is CS(=O)(=O)N1CCCN(c2ccc(S(=O)(=O)N3CCCC3)cc2[N+](=O)[O-])CC1. The molecule has 156 valence electrons. The number of nitrogens with zero attached hydrogens (tertiary/aromatic N) is 4. The van der Waals surface area contributed by atoms with Gasteiger partial charge in [0.1, 0.15) is 5.69 Å². The van der Waals surface area contributed by atoms with Crippen LogP contribution in [0.2, 0.25) is 0 Å². The molecule has 2 fully saturated rings. The third kappa shape index (κ3) is 4.29. The van der Waals surface area contributed by atoms with Crippen molar-refractivity contribution >= 4 is 31.4 Å². The quantitative estimate of drug-likeness (QED) is 0.499. The van der Waals surface area contributed by atoms with Gasteiger partial charge in [-0.25, -0.2) is 21.1 Å². The molecule has 1 aromatic carbocycles. The summed E-state index contributed by atoms with van der Waals surface area (Å²) < 4.78 is 51.7. The number of nitro groups is 1. The second-order valence-electron chi connectivity index (χ2n) is 7.02. The van der Waals surface area contributed by atoms with Gasteiger partial charge in [-0.2, -0.15) is 4.31 Å². The van der Waals surface area contributed by atoms with Crippen molar-refractivity contribution in [2.24, 2.45) is 0 Å². The Hall–Kier alpha value is -1.76. The molecule has 0 aromatic heterocycles. The predicted molar refractivity (Wildman–Crippen MR) is 104 cm³/mol. The molecule has 3 rings (SSSR count). The molecule has 28 heavy (non-hydrogen) atoms. The van der Waals surface area contributed by atoms with E-state index < -0.39 is 25.0 Å². The highest BCUT2D eigenvalue weighted by molar-refractivity contribution is 7.89. The third-order valence-electron chi connectivity index (χ3n) is 5.11. The van der Waals surface area contributed by atoms with Gasteiger partial charge in [0.05, 0.1) is 16.1 Å². The van der Waals surface area contributed by atoms with Crippen LogP contribution in [0, 0.1) is 10.1 Å². The van der Waals surface area contributed by atoms with Gasteiger partial charge in [-0.3, -0.25) is 10.1 Å². The Labute approximate surface area is 165 Å². The summed E-state index contributed by atoms with van der Waals surface area (Å²) in [5.74, 6) is 0. The number of hydrogen-bond donors (Lipinski definition) is 0. The van der Waals surface area contributed by atoms with Crippen LogP contribution in [-0.2, 0) is 20.0 Å². The van der Waals surface area contributed by atoms with E-state index in [1.165, 1.54) is 20.7 Å². The van der Waals surface area contributed by atoms with Crippen LogP contribution in [0.5, 0.6) is 0 Å². The highest BCUT2D eigenvalue weighted by atomic mass is 32.2. The standard InChI is InChI=1S/C16H24N4O6S2/c1-27(23,24)18-10-4-7-17(11-12-18)15-6-5-14(13-16(15)20(21)22)28(25,26)19-8-2-3-9-19/h5-6,13H,2-4,7-12H2,1H3. The molecule has 0 radical (unpaired) electrons. The fourth-order valence-corrected chi connectivity index (χ4v) is 6.03. The molecule has 0 saturated carbocycles. The minimum Gasteiger partial charge on any atom is -0.365 e. The number of sulfonamides is 2. The lowest BCUT2D eigenvalue weighted by molar-refractivity contribution is -0.384. The number of anilines is 1. The monoisotopic (exact) mass is 432 g/mol. The van der Waals surface area contributed by atoms with Crippen molar-refractivity contribution in [3.63, 3.8) is 0 Å². The van der Waals surface area contributed by atoms with Gasteiger partial charge in [0.2, 0.25) is 20.0 Å². The Balaban J connectivity index is 1.91. The smallest absolute Gasteiger partial charge is 0.293 e. The molecule has 1 aromatic rings. The van der Waals surface area contributed by atoms with Crippen molar-refractivity contribution in [2.45, 2.75) is 24.2 Å². The van der Waals surface area contributed by atoms with Gasteiger partial charge in [0.15, 0.2) is 0 Å². The number of benzene rings is 1. The summed E-state index contributed by atoms with van der Waals surface area (Å²) in [6, 6.07) is 3.97. The summed E-state index contributed by atoms with van der Waals surface area (Å²) >= 11 is 0. The normalized spacial score (nSPS) is 20.2. The van der Waals surface area contributed by atoms with E-state index in [0.717, 1.165) is 25.2 Å².